The third-order valence-corrected chi connectivity index (χ3v) is 7.38. The maximum Gasteiger partial charge on any atom is 0.140 e. The Kier molecular flexibility index (Phi) is 6.72. The van der Waals surface area contributed by atoms with E-state index in [4.69, 9.17) is 12.6 Å². The molecule has 2 aliphatic carbocycles. The van der Waals surface area contributed by atoms with Gasteiger partial charge in [0.1, 0.15) is 5.78 Å². The second-order valence-electron chi connectivity index (χ2n) is 7.88. The van der Waals surface area contributed by atoms with Gasteiger partial charge in [-0.2, -0.15) is 4.90 Å². The second kappa shape index (κ2) is 8.01. The summed E-state index contributed by atoms with van der Waals surface area (Å²) < 4.78 is 32.7. The number of carbonyl (C=O) groups is 1. The number of Topliss-reactive ketones (excluding diaryl/α,β-unsaturated/α-hetero) is 1. The molecule has 0 aliphatic heterocycles. The van der Waals surface area contributed by atoms with Gasteiger partial charge in [0.15, 0.2) is 0 Å². The van der Waals surface area contributed by atoms with Crippen molar-refractivity contribution in [2.24, 2.45) is 16.7 Å². The smallest absolute Gasteiger partial charge is 0.140 e. The molecule has 2 fully saturated rings. The van der Waals surface area contributed by atoms with Crippen LogP contribution in [0.3, 0.4) is 0 Å². The number of benzene rings is 2. The number of fused-ring (bicyclic) bond motifs is 3. The topological polar surface area (TPSA) is 74.3 Å². The van der Waals surface area contributed by atoms with E-state index in [1.165, 1.54) is 10.8 Å². The Labute approximate surface area is 185 Å². The Morgan fingerprint density at radius 1 is 1.15 bits per heavy atom. The molecule has 144 valence electrons. The fraction of sp³-hybridized carbons (Fsp3) is 0.450. The third-order valence-electron chi connectivity index (χ3n) is 6.28. The minimum Gasteiger partial charge on any atom is -0.780 e. The van der Waals surface area contributed by atoms with Crippen LogP contribution < -0.4 is 0 Å². The molecule has 4 nitrogen and oxygen atoms in total. The third kappa shape index (κ3) is 4.36. The number of hydrogen-bond donors (Lipinski definition) is 0. The Bertz CT molecular complexity index is 955. The Morgan fingerprint density at radius 2 is 1.78 bits per heavy atom. The van der Waals surface area contributed by atoms with Crippen LogP contribution in [-0.2, 0) is 53.4 Å². The maximum atomic E-state index is 11.8. The van der Waals surface area contributed by atoms with E-state index in [9.17, 15) is 17.8 Å². The largest absolute Gasteiger partial charge is 0.780 e. The van der Waals surface area contributed by atoms with Gasteiger partial charge in [0.25, 0.3) is 0 Å². The molecule has 2 aromatic carbocycles. The quantitative estimate of drug-likeness (QED) is 0.314. The normalized spacial score (nSPS) is 25.6. The summed E-state index contributed by atoms with van der Waals surface area (Å²) in [5, 5.41) is 2.47. The standard InChI is InChI=1S/C10H16O4S.C10H8S.Hf/c1-9(2)7-3-4-10(9,8(11)5-7)6-15(12,13)14;11-10-6-5-8-3-1-2-4-9(8)7-10;/h7H,3-6H2,1-2H3,(H,12,13,14);1-7,11H;/p-2/t7-,10-;;/m1../s1. The van der Waals surface area contributed by atoms with Crippen molar-refractivity contribution in [3.8, 4) is 0 Å². The van der Waals surface area contributed by atoms with Gasteiger partial charge in [-0.05, 0) is 34.9 Å². The molecule has 0 saturated heterocycles. The molecule has 0 N–H and O–H groups in total. The van der Waals surface area contributed by atoms with E-state index in [-0.39, 0.29) is 43.0 Å². The average Bonchev–Trinajstić information content (AvgIpc) is 2.88. The van der Waals surface area contributed by atoms with Crippen molar-refractivity contribution in [1.29, 1.82) is 0 Å². The van der Waals surface area contributed by atoms with Gasteiger partial charge in [-0.25, -0.2) is 8.42 Å². The summed E-state index contributed by atoms with van der Waals surface area (Å²) in [5.74, 6) is -0.280. The SMILES string of the molecule is CC1(C)[C@@H]2CC[C@@]1(CS(=O)(=O)[O-])C(=O)C2.[Hf].[S-]c1ccc2ccccc2c1. The van der Waals surface area contributed by atoms with Gasteiger partial charge in [-0.3, -0.25) is 4.79 Å². The number of ketones is 1. The van der Waals surface area contributed by atoms with E-state index in [1.54, 1.807) is 0 Å². The zero-order chi connectivity index (χ0) is 19.2. The summed E-state index contributed by atoms with van der Waals surface area (Å²) in [6.45, 7) is 3.83. The molecule has 0 heterocycles. The first-order valence-corrected chi connectivity index (χ1v) is 10.7. The monoisotopic (exact) mass is 570 g/mol. The van der Waals surface area contributed by atoms with Crippen LogP contribution in [-0.4, -0.2) is 24.5 Å². The fourth-order valence-electron chi connectivity index (χ4n) is 4.58. The van der Waals surface area contributed by atoms with E-state index < -0.39 is 21.3 Å². The zero-order valence-corrected chi connectivity index (χ0v) is 20.6. The summed E-state index contributed by atoms with van der Waals surface area (Å²) in [7, 11) is -4.33. The number of carbonyl (C=O) groups excluding carboxylic acids is 1. The van der Waals surface area contributed by atoms with Crippen molar-refractivity contribution in [3.63, 3.8) is 0 Å². The van der Waals surface area contributed by atoms with Crippen LogP contribution in [0.5, 0.6) is 0 Å². The first kappa shape index (κ1) is 22.7. The van der Waals surface area contributed by atoms with Crippen molar-refractivity contribution in [3.05, 3.63) is 42.5 Å². The van der Waals surface area contributed by atoms with E-state index >= 15 is 0 Å². The molecule has 2 bridgehead atoms. The molecule has 0 amide bonds. The molecular formula is C20H22HfO4S2-2. The van der Waals surface area contributed by atoms with Gasteiger partial charge in [0.2, 0.25) is 0 Å². The van der Waals surface area contributed by atoms with Gasteiger partial charge in [-0.15, -0.1) is 0 Å². The molecule has 0 unspecified atom stereocenters. The van der Waals surface area contributed by atoms with Crippen LogP contribution in [0.4, 0.5) is 0 Å². The molecular weight excluding hydrogens is 547 g/mol. The number of hydrogen-bond acceptors (Lipinski definition) is 5. The molecule has 7 heteroatoms. The van der Waals surface area contributed by atoms with Crippen LogP contribution >= 0.6 is 0 Å². The van der Waals surface area contributed by atoms with Crippen molar-refractivity contribution in [2.45, 2.75) is 38.0 Å². The molecule has 0 spiro atoms. The van der Waals surface area contributed by atoms with Crippen LogP contribution in [0, 0.1) is 16.7 Å². The van der Waals surface area contributed by atoms with Crippen LogP contribution in [0.1, 0.15) is 33.1 Å². The van der Waals surface area contributed by atoms with Gasteiger partial charge >= 0.3 is 0 Å². The fourth-order valence-corrected chi connectivity index (χ4v) is 6.05. The predicted octanol–water partition coefficient (Wildman–Crippen LogP) is 3.67. The molecule has 27 heavy (non-hydrogen) atoms. The molecule has 2 aliphatic rings. The summed E-state index contributed by atoms with van der Waals surface area (Å²) in [4.78, 5) is 12.8. The summed E-state index contributed by atoms with van der Waals surface area (Å²) >= 11 is 5.04. The number of rotatable bonds is 2. The Hall–Kier alpha value is -0.630. The minimum absolute atomic E-state index is 0. The zero-order valence-electron chi connectivity index (χ0n) is 15.4. The first-order chi connectivity index (χ1) is 12.1. The molecule has 2 aromatic rings. The van der Waals surface area contributed by atoms with Gasteiger partial charge < -0.3 is 17.2 Å². The van der Waals surface area contributed by atoms with Crippen LogP contribution in [0.25, 0.3) is 10.8 Å². The van der Waals surface area contributed by atoms with Crippen molar-refractivity contribution in [1.82, 2.24) is 0 Å². The van der Waals surface area contributed by atoms with Gasteiger partial charge in [-0.1, -0.05) is 56.3 Å². The van der Waals surface area contributed by atoms with E-state index in [2.05, 4.69) is 18.2 Å². The summed E-state index contributed by atoms with van der Waals surface area (Å²) in [6, 6.07) is 14.2. The van der Waals surface area contributed by atoms with Gasteiger partial charge in [0, 0.05) is 37.7 Å². The van der Waals surface area contributed by atoms with E-state index in [0.717, 1.165) is 11.3 Å². The molecule has 4 rings (SSSR count). The van der Waals surface area contributed by atoms with Gasteiger partial charge in [0.05, 0.1) is 15.9 Å². The molecule has 0 radical (unpaired) electrons. The summed E-state index contributed by atoms with van der Waals surface area (Å²) in [5.41, 5.74) is -1.22. The maximum absolute atomic E-state index is 11.8. The van der Waals surface area contributed by atoms with Crippen LogP contribution in [0.15, 0.2) is 47.4 Å². The average molecular weight is 569 g/mol. The summed E-state index contributed by atoms with van der Waals surface area (Å²) in [6.07, 6.45) is 1.88. The second-order valence-corrected chi connectivity index (χ2v) is 9.75. The Morgan fingerprint density at radius 3 is 2.30 bits per heavy atom. The predicted molar refractivity (Wildman–Crippen MR) is 103 cm³/mol. The molecule has 2 atom stereocenters. The minimum atomic E-state index is -4.33. The van der Waals surface area contributed by atoms with Crippen molar-refractivity contribution >= 4 is 39.3 Å². The Balaban J connectivity index is 0.000000194. The molecule has 2 saturated carbocycles. The van der Waals surface area contributed by atoms with Crippen molar-refractivity contribution in [2.75, 3.05) is 5.75 Å². The van der Waals surface area contributed by atoms with Crippen molar-refractivity contribution < 1.29 is 43.6 Å². The van der Waals surface area contributed by atoms with E-state index in [1.807, 2.05) is 38.1 Å². The first-order valence-electron chi connectivity index (χ1n) is 8.68. The molecule has 0 aromatic heterocycles. The van der Waals surface area contributed by atoms with E-state index in [0.29, 0.717) is 12.8 Å². The van der Waals surface area contributed by atoms with Crippen LogP contribution in [0.2, 0.25) is 0 Å².